The highest BCUT2D eigenvalue weighted by Crippen LogP contribution is 2.25. The lowest BCUT2D eigenvalue weighted by Crippen LogP contribution is -2.08. The van der Waals surface area contributed by atoms with Crippen molar-refractivity contribution in [3.8, 4) is 11.8 Å². The average Bonchev–Trinajstić information content (AvgIpc) is 3.04. The maximum absolute atomic E-state index is 11.4. The van der Waals surface area contributed by atoms with E-state index in [1.54, 1.807) is 7.05 Å². The Morgan fingerprint density at radius 1 is 1.40 bits per heavy atom. The molecule has 8 heteroatoms. The lowest BCUT2D eigenvalue weighted by molar-refractivity contribution is 0.0696. The summed E-state index contributed by atoms with van der Waals surface area (Å²) in [6.07, 6.45) is 5.74. The van der Waals surface area contributed by atoms with E-state index in [0.717, 1.165) is 0 Å². The van der Waals surface area contributed by atoms with Crippen LogP contribution in [0.1, 0.15) is 16.2 Å². The summed E-state index contributed by atoms with van der Waals surface area (Å²) < 4.78 is 2.96. The summed E-state index contributed by atoms with van der Waals surface area (Å²) in [5.41, 5.74) is 0.854. The van der Waals surface area contributed by atoms with Gasteiger partial charge in [-0.25, -0.2) is 14.8 Å². The monoisotopic (exact) mass is 268 g/mol. The predicted molar refractivity (Wildman–Crippen MR) is 67.3 cm³/mol. The summed E-state index contributed by atoms with van der Waals surface area (Å²) in [5, 5.41) is 23.0. The Kier molecular flexibility index (Phi) is 2.47. The van der Waals surface area contributed by atoms with E-state index < -0.39 is 5.97 Å². The van der Waals surface area contributed by atoms with Crippen molar-refractivity contribution in [1.82, 2.24) is 24.3 Å². The van der Waals surface area contributed by atoms with Gasteiger partial charge in [0.25, 0.3) is 0 Å². The third-order valence-electron chi connectivity index (χ3n) is 2.95. The van der Waals surface area contributed by atoms with E-state index in [4.69, 9.17) is 5.26 Å². The van der Waals surface area contributed by atoms with Gasteiger partial charge in [-0.05, 0) is 0 Å². The number of hydrogen-bond donors (Lipinski definition) is 1. The van der Waals surface area contributed by atoms with Crippen molar-refractivity contribution in [3.05, 3.63) is 36.2 Å². The Bertz CT molecular complexity index is 870. The van der Waals surface area contributed by atoms with Crippen molar-refractivity contribution in [2.45, 2.75) is 0 Å². The number of nitriles is 1. The van der Waals surface area contributed by atoms with Gasteiger partial charge in [0.15, 0.2) is 5.65 Å². The van der Waals surface area contributed by atoms with Crippen molar-refractivity contribution in [2.24, 2.45) is 7.05 Å². The molecule has 0 saturated heterocycles. The Hall–Kier alpha value is -3.21. The minimum Gasteiger partial charge on any atom is -0.478 e. The summed E-state index contributed by atoms with van der Waals surface area (Å²) in [6.45, 7) is 0. The highest BCUT2D eigenvalue weighted by molar-refractivity contribution is 5.99. The molecule has 0 bridgehead atoms. The maximum Gasteiger partial charge on any atom is 0.339 e. The second-order valence-corrected chi connectivity index (χ2v) is 4.06. The first-order valence-corrected chi connectivity index (χ1v) is 5.61. The fourth-order valence-electron chi connectivity index (χ4n) is 2.07. The second kappa shape index (κ2) is 4.17. The van der Waals surface area contributed by atoms with E-state index in [9.17, 15) is 9.90 Å². The van der Waals surface area contributed by atoms with Crippen molar-refractivity contribution in [3.63, 3.8) is 0 Å². The van der Waals surface area contributed by atoms with Gasteiger partial charge in [0, 0.05) is 25.6 Å². The summed E-state index contributed by atoms with van der Waals surface area (Å²) >= 11 is 0. The van der Waals surface area contributed by atoms with Gasteiger partial charge in [0.05, 0.1) is 17.3 Å². The van der Waals surface area contributed by atoms with Crippen molar-refractivity contribution >= 4 is 17.0 Å². The van der Waals surface area contributed by atoms with Gasteiger partial charge in [0.2, 0.25) is 5.82 Å². The van der Waals surface area contributed by atoms with Gasteiger partial charge in [-0.2, -0.15) is 10.4 Å². The number of pyridine rings is 1. The van der Waals surface area contributed by atoms with Gasteiger partial charge >= 0.3 is 5.97 Å². The first-order valence-electron chi connectivity index (χ1n) is 5.61. The van der Waals surface area contributed by atoms with Crippen LogP contribution >= 0.6 is 0 Å². The summed E-state index contributed by atoms with van der Waals surface area (Å²) in [7, 11) is 1.71. The van der Waals surface area contributed by atoms with Gasteiger partial charge in [0.1, 0.15) is 11.6 Å². The molecule has 3 aromatic rings. The Morgan fingerprint density at radius 2 is 2.20 bits per heavy atom. The number of fused-ring (bicyclic) bond motifs is 1. The molecule has 20 heavy (non-hydrogen) atoms. The van der Waals surface area contributed by atoms with Crippen LogP contribution in [0, 0.1) is 11.3 Å². The molecule has 3 rings (SSSR count). The normalized spacial score (nSPS) is 10.6. The smallest absolute Gasteiger partial charge is 0.339 e. The van der Waals surface area contributed by atoms with Crippen LogP contribution in [0.25, 0.3) is 16.7 Å². The van der Waals surface area contributed by atoms with Crippen molar-refractivity contribution in [2.75, 3.05) is 0 Å². The van der Waals surface area contributed by atoms with Crippen LogP contribution in [0.5, 0.6) is 0 Å². The van der Waals surface area contributed by atoms with E-state index in [1.807, 2.05) is 6.07 Å². The van der Waals surface area contributed by atoms with Crippen LogP contribution in [-0.4, -0.2) is 35.4 Å². The standard InChI is InChI=1S/C12H8N6O2/c1-17-11-7(6-16-17)10(8(5-15-11)12(19)20)18-3-2-14-9(18)4-13/h2-3,5-6H,1H3,(H,19,20). The fourth-order valence-corrected chi connectivity index (χ4v) is 2.07. The number of aromatic nitrogens is 5. The summed E-state index contributed by atoms with van der Waals surface area (Å²) in [6, 6.07) is 1.92. The predicted octanol–water partition coefficient (Wildman–Crippen LogP) is 0.724. The highest BCUT2D eigenvalue weighted by atomic mass is 16.4. The number of rotatable bonds is 2. The number of imidazole rings is 1. The van der Waals surface area contributed by atoms with Crippen LogP contribution in [0.3, 0.4) is 0 Å². The Balaban J connectivity index is 2.46. The van der Waals surface area contributed by atoms with Crippen LogP contribution in [0.4, 0.5) is 0 Å². The Morgan fingerprint density at radius 3 is 2.90 bits per heavy atom. The SMILES string of the molecule is Cn1ncc2c(-n3ccnc3C#N)c(C(=O)O)cnc21. The molecule has 0 atom stereocenters. The van der Waals surface area contributed by atoms with E-state index in [-0.39, 0.29) is 11.4 Å². The van der Waals surface area contributed by atoms with Crippen LogP contribution < -0.4 is 0 Å². The molecule has 0 aliphatic rings. The Labute approximate surface area is 112 Å². The molecule has 0 unspecified atom stereocenters. The highest BCUT2D eigenvalue weighted by Gasteiger charge is 2.20. The molecular formula is C12H8N6O2. The van der Waals surface area contributed by atoms with Gasteiger partial charge in [-0.1, -0.05) is 0 Å². The first-order chi connectivity index (χ1) is 9.63. The lowest BCUT2D eigenvalue weighted by Gasteiger charge is -2.09. The van der Waals surface area contributed by atoms with Crippen LogP contribution in [0.2, 0.25) is 0 Å². The molecule has 3 heterocycles. The minimum atomic E-state index is -1.13. The molecule has 3 aromatic heterocycles. The zero-order valence-electron chi connectivity index (χ0n) is 10.3. The fraction of sp³-hybridized carbons (Fsp3) is 0.0833. The molecular weight excluding hydrogens is 260 g/mol. The molecule has 8 nitrogen and oxygen atoms in total. The molecule has 0 fully saturated rings. The molecule has 0 aromatic carbocycles. The number of nitrogens with zero attached hydrogens (tertiary/aromatic N) is 6. The van der Waals surface area contributed by atoms with E-state index in [2.05, 4.69) is 15.1 Å². The van der Waals surface area contributed by atoms with E-state index in [1.165, 1.54) is 34.0 Å². The van der Waals surface area contributed by atoms with Gasteiger partial charge < -0.3 is 5.11 Å². The quantitative estimate of drug-likeness (QED) is 0.733. The lowest BCUT2D eigenvalue weighted by atomic mass is 10.2. The van der Waals surface area contributed by atoms with Gasteiger partial charge in [-0.3, -0.25) is 9.25 Å². The van der Waals surface area contributed by atoms with Gasteiger partial charge in [-0.15, -0.1) is 0 Å². The zero-order valence-corrected chi connectivity index (χ0v) is 10.3. The van der Waals surface area contributed by atoms with Crippen LogP contribution in [0.15, 0.2) is 24.8 Å². The molecule has 0 radical (unpaired) electrons. The third kappa shape index (κ3) is 1.54. The third-order valence-corrected chi connectivity index (χ3v) is 2.95. The van der Waals surface area contributed by atoms with Crippen molar-refractivity contribution < 1.29 is 9.90 Å². The molecule has 0 amide bonds. The first kappa shape index (κ1) is 11.9. The number of carboxylic acids is 1. The number of carbonyl (C=O) groups is 1. The molecule has 0 aliphatic heterocycles. The zero-order chi connectivity index (χ0) is 14.3. The molecule has 1 N–H and O–H groups in total. The van der Waals surface area contributed by atoms with E-state index >= 15 is 0 Å². The molecule has 98 valence electrons. The maximum atomic E-state index is 11.4. The largest absolute Gasteiger partial charge is 0.478 e. The summed E-state index contributed by atoms with van der Waals surface area (Å²) in [4.78, 5) is 19.4. The second-order valence-electron chi connectivity index (χ2n) is 4.06. The topological polar surface area (TPSA) is 110 Å². The minimum absolute atomic E-state index is 0.0139. The van der Waals surface area contributed by atoms with E-state index in [0.29, 0.717) is 16.7 Å². The average molecular weight is 268 g/mol. The van der Waals surface area contributed by atoms with Crippen molar-refractivity contribution in [1.29, 1.82) is 5.26 Å². The molecule has 0 saturated carbocycles. The molecule has 0 aliphatic carbocycles. The van der Waals surface area contributed by atoms with Crippen LogP contribution in [-0.2, 0) is 7.05 Å². The molecule has 0 spiro atoms. The number of hydrogen-bond acceptors (Lipinski definition) is 5. The number of aryl methyl sites for hydroxylation is 1. The number of carboxylic acid groups (broad SMARTS) is 1. The number of aromatic carboxylic acids is 1. The summed E-state index contributed by atoms with van der Waals surface area (Å²) in [5.74, 6) is -1.03.